The van der Waals surface area contributed by atoms with Gasteiger partial charge in [-0.2, -0.15) is 0 Å². The van der Waals surface area contributed by atoms with Crippen molar-refractivity contribution in [3.8, 4) is 0 Å². The minimum absolute atomic E-state index is 0.332. The van der Waals surface area contributed by atoms with Gasteiger partial charge in [0.15, 0.2) is 0 Å². The molecule has 1 aliphatic rings. The van der Waals surface area contributed by atoms with Crippen molar-refractivity contribution in [2.45, 2.75) is 96.2 Å². The molecule has 1 fully saturated rings. The van der Waals surface area contributed by atoms with Crippen molar-refractivity contribution in [3.05, 3.63) is 0 Å². The van der Waals surface area contributed by atoms with Gasteiger partial charge in [0.2, 0.25) is 0 Å². The van der Waals surface area contributed by atoms with E-state index >= 15 is 0 Å². The Labute approximate surface area is 131 Å². The molecule has 3 heteroatoms. The predicted octanol–water partition coefficient (Wildman–Crippen LogP) is 4.46. The maximum atomic E-state index is 10.5. The van der Waals surface area contributed by atoms with E-state index < -0.39 is 0 Å². The fourth-order valence-corrected chi connectivity index (χ4v) is 3.31. The fraction of sp³-hybridized carbons (Fsp3) is 1.00. The first kappa shape index (κ1) is 18.9. The minimum Gasteiger partial charge on any atom is -0.390 e. The summed E-state index contributed by atoms with van der Waals surface area (Å²) in [7, 11) is 0. The van der Waals surface area contributed by atoms with Crippen molar-refractivity contribution in [2.24, 2.45) is 0 Å². The van der Waals surface area contributed by atoms with Gasteiger partial charge in [0, 0.05) is 32.7 Å². The molecule has 1 heterocycles. The molecule has 0 bridgehead atoms. The van der Waals surface area contributed by atoms with Gasteiger partial charge >= 0.3 is 0 Å². The Kier molecular flexibility index (Phi) is 10.3. The number of rotatable bonds is 12. The third-order valence-electron chi connectivity index (χ3n) is 4.71. The SMILES string of the molecule is CCCCCCCCCCC(O)C1(OCC)CCOCC1. The summed E-state index contributed by atoms with van der Waals surface area (Å²) in [5.74, 6) is 0. The lowest BCUT2D eigenvalue weighted by Crippen LogP contribution is -2.49. The van der Waals surface area contributed by atoms with Gasteiger partial charge in [0.05, 0.1) is 11.7 Å². The Morgan fingerprint density at radius 2 is 1.52 bits per heavy atom. The zero-order valence-electron chi connectivity index (χ0n) is 14.2. The molecule has 0 aromatic rings. The molecule has 1 aliphatic heterocycles. The monoisotopic (exact) mass is 300 g/mol. The molecule has 0 aliphatic carbocycles. The van der Waals surface area contributed by atoms with Gasteiger partial charge in [-0.25, -0.2) is 0 Å². The molecule has 0 radical (unpaired) electrons. The van der Waals surface area contributed by atoms with Crippen LogP contribution in [0.15, 0.2) is 0 Å². The number of aliphatic hydroxyl groups is 1. The predicted molar refractivity (Wildman–Crippen MR) is 87.6 cm³/mol. The molecule has 0 aromatic heterocycles. The number of aliphatic hydroxyl groups excluding tert-OH is 1. The molecule has 126 valence electrons. The molecule has 1 unspecified atom stereocenters. The normalized spacial score (nSPS) is 19.6. The molecule has 0 saturated carbocycles. The molecule has 1 rings (SSSR count). The van der Waals surface area contributed by atoms with Gasteiger partial charge in [-0.1, -0.05) is 58.3 Å². The van der Waals surface area contributed by atoms with E-state index in [4.69, 9.17) is 9.47 Å². The van der Waals surface area contributed by atoms with E-state index in [2.05, 4.69) is 6.92 Å². The van der Waals surface area contributed by atoms with E-state index in [0.717, 1.165) is 25.7 Å². The number of ether oxygens (including phenoxy) is 2. The summed E-state index contributed by atoms with van der Waals surface area (Å²) in [4.78, 5) is 0. The average molecular weight is 300 g/mol. The third kappa shape index (κ3) is 7.12. The lowest BCUT2D eigenvalue weighted by molar-refractivity contribution is -0.167. The largest absolute Gasteiger partial charge is 0.390 e. The molecule has 3 nitrogen and oxygen atoms in total. The quantitative estimate of drug-likeness (QED) is 0.541. The Balaban J connectivity index is 2.14. The fourth-order valence-electron chi connectivity index (χ4n) is 3.31. The smallest absolute Gasteiger partial charge is 0.0983 e. The molecule has 0 spiro atoms. The number of hydrogen-bond donors (Lipinski definition) is 1. The highest BCUT2D eigenvalue weighted by atomic mass is 16.5. The number of unbranched alkanes of at least 4 members (excludes halogenated alkanes) is 7. The van der Waals surface area contributed by atoms with Crippen LogP contribution in [0.4, 0.5) is 0 Å². The molecular formula is C18H36O3. The lowest BCUT2D eigenvalue weighted by Gasteiger charge is -2.40. The first-order valence-electron chi connectivity index (χ1n) is 9.15. The standard InChI is InChI=1S/C18H36O3/c1-3-5-6-7-8-9-10-11-12-17(19)18(21-4-2)13-15-20-16-14-18/h17,19H,3-16H2,1-2H3. The highest BCUT2D eigenvalue weighted by Crippen LogP contribution is 2.31. The topological polar surface area (TPSA) is 38.7 Å². The van der Waals surface area contributed by atoms with Crippen LogP contribution >= 0.6 is 0 Å². The van der Waals surface area contributed by atoms with Crippen LogP contribution in [0.25, 0.3) is 0 Å². The van der Waals surface area contributed by atoms with Gasteiger partial charge in [-0.15, -0.1) is 0 Å². The van der Waals surface area contributed by atoms with Gasteiger partial charge < -0.3 is 14.6 Å². The van der Waals surface area contributed by atoms with E-state index in [1.807, 2.05) is 6.92 Å². The molecular weight excluding hydrogens is 264 g/mol. The van der Waals surface area contributed by atoms with Crippen molar-refractivity contribution >= 4 is 0 Å². The molecule has 0 aromatic carbocycles. The summed E-state index contributed by atoms with van der Waals surface area (Å²) in [6.07, 6.45) is 12.7. The van der Waals surface area contributed by atoms with Crippen LogP contribution in [-0.2, 0) is 9.47 Å². The molecule has 21 heavy (non-hydrogen) atoms. The highest BCUT2D eigenvalue weighted by Gasteiger charge is 2.39. The van der Waals surface area contributed by atoms with Crippen LogP contribution in [0.5, 0.6) is 0 Å². The second kappa shape index (κ2) is 11.4. The summed E-state index contributed by atoms with van der Waals surface area (Å²) in [6, 6.07) is 0. The first-order valence-corrected chi connectivity index (χ1v) is 9.15. The second-order valence-corrected chi connectivity index (χ2v) is 6.39. The summed E-state index contributed by atoms with van der Waals surface area (Å²) in [5.41, 5.74) is -0.339. The van der Waals surface area contributed by atoms with E-state index in [-0.39, 0.29) is 11.7 Å². The van der Waals surface area contributed by atoms with E-state index in [0.29, 0.717) is 19.8 Å². The van der Waals surface area contributed by atoms with Crippen LogP contribution in [0.1, 0.15) is 84.5 Å². The van der Waals surface area contributed by atoms with Crippen molar-refractivity contribution < 1.29 is 14.6 Å². The lowest BCUT2D eigenvalue weighted by atomic mass is 9.85. The summed E-state index contributed by atoms with van der Waals surface area (Å²) < 4.78 is 11.3. The van der Waals surface area contributed by atoms with E-state index in [9.17, 15) is 5.11 Å². The van der Waals surface area contributed by atoms with E-state index in [1.165, 1.54) is 44.9 Å². The minimum atomic E-state index is -0.339. The molecule has 1 saturated heterocycles. The van der Waals surface area contributed by atoms with Crippen LogP contribution in [0.3, 0.4) is 0 Å². The summed E-state index contributed by atoms with van der Waals surface area (Å²) in [6.45, 7) is 6.38. The van der Waals surface area contributed by atoms with Crippen LogP contribution < -0.4 is 0 Å². The molecule has 1 atom stereocenters. The van der Waals surface area contributed by atoms with Crippen LogP contribution in [-0.4, -0.2) is 36.6 Å². The van der Waals surface area contributed by atoms with Gasteiger partial charge in [-0.05, 0) is 13.3 Å². The molecule has 0 amide bonds. The van der Waals surface area contributed by atoms with Gasteiger partial charge in [-0.3, -0.25) is 0 Å². The number of hydrogen-bond acceptors (Lipinski definition) is 3. The van der Waals surface area contributed by atoms with E-state index in [1.54, 1.807) is 0 Å². The summed E-state index contributed by atoms with van der Waals surface area (Å²) >= 11 is 0. The zero-order valence-corrected chi connectivity index (χ0v) is 14.2. The Morgan fingerprint density at radius 3 is 2.10 bits per heavy atom. The maximum Gasteiger partial charge on any atom is 0.0983 e. The molecule has 1 N–H and O–H groups in total. The highest BCUT2D eigenvalue weighted by molar-refractivity contribution is 4.90. The van der Waals surface area contributed by atoms with Gasteiger partial charge in [0.1, 0.15) is 0 Å². The first-order chi connectivity index (χ1) is 10.2. The van der Waals surface area contributed by atoms with Crippen molar-refractivity contribution in [1.29, 1.82) is 0 Å². The van der Waals surface area contributed by atoms with Crippen LogP contribution in [0, 0.1) is 0 Å². The summed E-state index contributed by atoms with van der Waals surface area (Å²) in [5, 5.41) is 10.5. The third-order valence-corrected chi connectivity index (χ3v) is 4.71. The second-order valence-electron chi connectivity index (χ2n) is 6.39. The van der Waals surface area contributed by atoms with Crippen molar-refractivity contribution in [2.75, 3.05) is 19.8 Å². The average Bonchev–Trinajstić information content (AvgIpc) is 2.51. The van der Waals surface area contributed by atoms with Crippen LogP contribution in [0.2, 0.25) is 0 Å². The Bertz CT molecular complexity index is 231. The zero-order chi connectivity index (χ0) is 15.4. The Morgan fingerprint density at radius 1 is 0.952 bits per heavy atom. The van der Waals surface area contributed by atoms with Crippen molar-refractivity contribution in [3.63, 3.8) is 0 Å². The van der Waals surface area contributed by atoms with Crippen molar-refractivity contribution in [1.82, 2.24) is 0 Å². The van der Waals surface area contributed by atoms with Gasteiger partial charge in [0.25, 0.3) is 0 Å². The maximum absolute atomic E-state index is 10.5. The Hall–Kier alpha value is -0.120.